The molecule has 0 bridgehead atoms. The van der Waals surface area contributed by atoms with E-state index in [1.54, 1.807) is 11.1 Å². The van der Waals surface area contributed by atoms with Crippen molar-refractivity contribution in [3.05, 3.63) is 76.7 Å². The molecule has 0 N–H and O–H groups in total. The van der Waals surface area contributed by atoms with Crippen molar-refractivity contribution in [1.82, 2.24) is 9.88 Å². The molecular weight excluding hydrogens is 348 g/mol. The first-order valence-electron chi connectivity index (χ1n) is 8.39. The van der Waals surface area contributed by atoms with Crippen LogP contribution in [0.5, 0.6) is 11.5 Å². The molecule has 5 nitrogen and oxygen atoms in total. The Hall–Kier alpha value is -2.86. The van der Waals surface area contributed by atoms with E-state index in [1.165, 1.54) is 11.3 Å². The van der Waals surface area contributed by atoms with Gasteiger partial charge in [0.15, 0.2) is 11.5 Å². The van der Waals surface area contributed by atoms with Gasteiger partial charge >= 0.3 is 0 Å². The van der Waals surface area contributed by atoms with Gasteiger partial charge in [-0.05, 0) is 17.7 Å². The Bertz CT molecular complexity index is 868. The van der Waals surface area contributed by atoms with Crippen molar-refractivity contribution in [2.24, 2.45) is 0 Å². The monoisotopic (exact) mass is 366 g/mol. The maximum absolute atomic E-state index is 13.1. The molecule has 0 saturated heterocycles. The number of ether oxygens (including phenoxy) is 2. The molecule has 26 heavy (non-hydrogen) atoms. The minimum atomic E-state index is -0.659. The molecule has 1 amide bonds. The lowest BCUT2D eigenvalue weighted by molar-refractivity contribution is -0.142. The van der Waals surface area contributed by atoms with Crippen LogP contribution in [-0.4, -0.2) is 28.5 Å². The maximum Gasteiger partial charge on any atom is 0.267 e. The smallest absolute Gasteiger partial charge is 0.267 e. The van der Waals surface area contributed by atoms with E-state index in [1.807, 2.05) is 60.0 Å². The van der Waals surface area contributed by atoms with Gasteiger partial charge in [-0.2, -0.15) is 0 Å². The third-order valence-corrected chi connectivity index (χ3v) is 4.89. The minimum Gasteiger partial charge on any atom is -0.485 e. The molecule has 132 valence electrons. The van der Waals surface area contributed by atoms with Gasteiger partial charge in [0.2, 0.25) is 6.10 Å². The number of para-hydroxylation sites is 2. The summed E-state index contributed by atoms with van der Waals surface area (Å²) in [5.74, 6) is 1.18. The van der Waals surface area contributed by atoms with Crippen molar-refractivity contribution in [3.8, 4) is 11.5 Å². The summed E-state index contributed by atoms with van der Waals surface area (Å²) >= 11 is 1.54. The second-order valence-electron chi connectivity index (χ2n) is 5.97. The van der Waals surface area contributed by atoms with E-state index < -0.39 is 6.10 Å². The van der Waals surface area contributed by atoms with Gasteiger partial charge in [0.1, 0.15) is 11.6 Å². The summed E-state index contributed by atoms with van der Waals surface area (Å²) in [6, 6.07) is 17.3. The highest BCUT2D eigenvalue weighted by Crippen LogP contribution is 2.31. The summed E-state index contributed by atoms with van der Waals surface area (Å²) in [5.41, 5.74) is 1.06. The fourth-order valence-corrected chi connectivity index (χ4v) is 3.49. The average Bonchev–Trinajstić information content (AvgIpc) is 3.20. The molecule has 2 heterocycles. The lowest BCUT2D eigenvalue weighted by atomic mass is 10.2. The van der Waals surface area contributed by atoms with E-state index in [0.717, 1.165) is 10.6 Å². The molecule has 0 unspecified atom stereocenters. The van der Waals surface area contributed by atoms with Gasteiger partial charge in [0, 0.05) is 18.1 Å². The molecule has 6 heteroatoms. The van der Waals surface area contributed by atoms with Crippen LogP contribution in [0, 0.1) is 0 Å². The second-order valence-corrected chi connectivity index (χ2v) is 6.95. The van der Waals surface area contributed by atoms with Crippen molar-refractivity contribution < 1.29 is 14.3 Å². The predicted octanol–water partition coefficient (Wildman–Crippen LogP) is 3.51. The Balaban J connectivity index is 1.54. The molecule has 0 radical (unpaired) electrons. The number of rotatable bonds is 5. The number of amides is 1. The van der Waals surface area contributed by atoms with Crippen molar-refractivity contribution >= 4 is 17.2 Å². The maximum atomic E-state index is 13.1. The molecule has 1 aliphatic rings. The third-order valence-electron chi connectivity index (χ3n) is 4.12. The average molecular weight is 366 g/mol. The van der Waals surface area contributed by atoms with Gasteiger partial charge in [-0.3, -0.25) is 4.79 Å². The Morgan fingerprint density at radius 3 is 2.62 bits per heavy atom. The Kier molecular flexibility index (Phi) is 4.84. The molecule has 0 aliphatic carbocycles. The van der Waals surface area contributed by atoms with E-state index in [-0.39, 0.29) is 12.5 Å². The molecule has 1 aliphatic heterocycles. The van der Waals surface area contributed by atoms with Crippen molar-refractivity contribution in [2.75, 3.05) is 6.61 Å². The SMILES string of the molecule is O=C([C@@H]1COc2ccccc2O1)N(Cc1ccccc1)Cc1nccs1. The van der Waals surface area contributed by atoms with Crippen molar-refractivity contribution in [2.45, 2.75) is 19.2 Å². The topological polar surface area (TPSA) is 51.7 Å². The Labute approximate surface area is 155 Å². The molecule has 0 spiro atoms. The highest BCUT2D eigenvalue weighted by atomic mass is 32.1. The van der Waals surface area contributed by atoms with Crippen molar-refractivity contribution in [1.29, 1.82) is 0 Å². The van der Waals surface area contributed by atoms with Gasteiger partial charge in [-0.1, -0.05) is 42.5 Å². The van der Waals surface area contributed by atoms with Gasteiger partial charge in [0.25, 0.3) is 5.91 Å². The van der Waals surface area contributed by atoms with Crippen molar-refractivity contribution in [3.63, 3.8) is 0 Å². The summed E-state index contributed by atoms with van der Waals surface area (Å²) in [7, 11) is 0. The second kappa shape index (κ2) is 7.58. The highest BCUT2D eigenvalue weighted by molar-refractivity contribution is 7.09. The number of hydrogen-bond donors (Lipinski definition) is 0. The number of fused-ring (bicyclic) bond motifs is 1. The van der Waals surface area contributed by atoms with Crippen LogP contribution < -0.4 is 9.47 Å². The molecule has 2 aromatic carbocycles. The number of carbonyl (C=O) groups excluding carboxylic acids is 1. The van der Waals surface area contributed by atoms with E-state index in [9.17, 15) is 4.79 Å². The fourth-order valence-electron chi connectivity index (χ4n) is 2.85. The van der Waals surface area contributed by atoms with Crippen LogP contribution in [0.1, 0.15) is 10.6 Å². The summed E-state index contributed by atoms with van der Waals surface area (Å²) in [6.45, 7) is 1.16. The first kappa shape index (κ1) is 16.6. The van der Waals surface area contributed by atoms with E-state index in [0.29, 0.717) is 24.6 Å². The number of aromatic nitrogens is 1. The lowest BCUT2D eigenvalue weighted by Gasteiger charge is -2.30. The normalized spacial score (nSPS) is 15.5. The molecule has 1 atom stereocenters. The van der Waals surface area contributed by atoms with Crippen LogP contribution in [0.2, 0.25) is 0 Å². The molecule has 4 rings (SSSR count). The molecular formula is C20H18N2O3S. The summed E-state index contributed by atoms with van der Waals surface area (Å²) < 4.78 is 11.6. The third kappa shape index (κ3) is 3.70. The zero-order valence-corrected chi connectivity index (χ0v) is 14.9. The van der Waals surface area contributed by atoms with Crippen LogP contribution in [0.25, 0.3) is 0 Å². The molecule has 1 aromatic heterocycles. The summed E-state index contributed by atoms with van der Waals surface area (Å²) in [6.07, 6.45) is 1.09. The Morgan fingerprint density at radius 2 is 1.85 bits per heavy atom. The van der Waals surface area contributed by atoms with Gasteiger partial charge < -0.3 is 14.4 Å². The van der Waals surface area contributed by atoms with Gasteiger partial charge in [-0.15, -0.1) is 11.3 Å². The summed E-state index contributed by atoms with van der Waals surface area (Å²) in [5, 5.41) is 2.81. The van der Waals surface area contributed by atoms with Crippen LogP contribution in [-0.2, 0) is 17.9 Å². The van der Waals surface area contributed by atoms with Crippen LogP contribution >= 0.6 is 11.3 Å². The van der Waals surface area contributed by atoms with Crippen LogP contribution in [0.4, 0.5) is 0 Å². The lowest BCUT2D eigenvalue weighted by Crippen LogP contribution is -2.45. The van der Waals surface area contributed by atoms with E-state index in [4.69, 9.17) is 9.47 Å². The predicted molar refractivity (Wildman–Crippen MR) is 99.2 cm³/mol. The van der Waals surface area contributed by atoms with Crippen LogP contribution in [0.15, 0.2) is 66.2 Å². The summed E-state index contributed by atoms with van der Waals surface area (Å²) in [4.78, 5) is 19.2. The Morgan fingerprint density at radius 1 is 1.08 bits per heavy atom. The van der Waals surface area contributed by atoms with Gasteiger partial charge in [-0.25, -0.2) is 4.98 Å². The number of carbonyl (C=O) groups is 1. The molecule has 3 aromatic rings. The van der Waals surface area contributed by atoms with E-state index in [2.05, 4.69) is 4.98 Å². The zero-order valence-electron chi connectivity index (χ0n) is 14.1. The number of benzene rings is 2. The molecule has 0 saturated carbocycles. The van der Waals surface area contributed by atoms with Gasteiger partial charge in [0.05, 0.1) is 6.54 Å². The zero-order chi connectivity index (χ0) is 17.8. The number of thiazole rings is 1. The van der Waals surface area contributed by atoms with E-state index >= 15 is 0 Å². The van der Waals surface area contributed by atoms with Crippen LogP contribution in [0.3, 0.4) is 0 Å². The quantitative estimate of drug-likeness (QED) is 0.693. The first-order valence-corrected chi connectivity index (χ1v) is 9.27. The highest BCUT2D eigenvalue weighted by Gasteiger charge is 2.31. The standard InChI is InChI=1S/C20H18N2O3S/c23-20(18-14-24-16-8-4-5-9-17(16)25-18)22(13-19-21-10-11-26-19)12-15-6-2-1-3-7-15/h1-11,18H,12-14H2/t18-/m0/s1. The fraction of sp³-hybridized carbons (Fsp3) is 0.200. The first-order chi connectivity index (χ1) is 12.8. The largest absolute Gasteiger partial charge is 0.485 e. The molecule has 0 fully saturated rings. The number of nitrogens with zero attached hydrogens (tertiary/aromatic N) is 2. The number of hydrogen-bond acceptors (Lipinski definition) is 5. The minimum absolute atomic E-state index is 0.0986.